The number of anilines is 1. The van der Waals surface area contributed by atoms with E-state index in [0.29, 0.717) is 11.3 Å². The van der Waals surface area contributed by atoms with Crippen molar-refractivity contribution in [1.29, 1.82) is 5.26 Å². The maximum absolute atomic E-state index is 8.82. The van der Waals surface area contributed by atoms with Crippen molar-refractivity contribution in [3.63, 3.8) is 0 Å². The summed E-state index contributed by atoms with van der Waals surface area (Å²) in [5, 5.41) is 9.66. The lowest BCUT2D eigenvalue weighted by Gasteiger charge is -1.96. The highest BCUT2D eigenvalue weighted by atomic mass is 79.9. The molecule has 0 heterocycles. The van der Waals surface area contributed by atoms with Crippen molar-refractivity contribution in [2.75, 3.05) is 11.1 Å². The predicted octanol–water partition coefficient (Wildman–Crippen LogP) is 2.28. The summed E-state index contributed by atoms with van der Waals surface area (Å²) in [6.45, 7) is 0. The molecule has 0 saturated carbocycles. The van der Waals surface area contributed by atoms with Gasteiger partial charge in [0, 0.05) is 23.0 Å². The molecule has 3 heteroatoms. The number of hydrogen-bond acceptors (Lipinski definition) is 2. The Morgan fingerprint density at radius 2 is 2.14 bits per heavy atom. The molecule has 0 radical (unpaired) electrons. The Morgan fingerprint density at radius 1 is 1.36 bits per heavy atom. The maximum atomic E-state index is 8.82. The maximum Gasteiger partial charge on any atom is 0.101 e. The monoisotopic (exact) mass is 248 g/mol. The third kappa shape index (κ3) is 2.80. The van der Waals surface area contributed by atoms with Crippen LogP contribution in [-0.2, 0) is 0 Å². The van der Waals surface area contributed by atoms with Crippen LogP contribution in [0.3, 0.4) is 0 Å². The summed E-state index contributed by atoms with van der Waals surface area (Å²) in [5.41, 5.74) is 7.41. The molecule has 1 aromatic rings. The van der Waals surface area contributed by atoms with E-state index in [4.69, 9.17) is 11.0 Å². The molecule has 0 fully saturated rings. The van der Waals surface area contributed by atoms with E-state index in [2.05, 4.69) is 33.8 Å². The number of nitrogens with zero attached hydrogens (tertiary/aromatic N) is 1. The zero-order valence-electron chi connectivity index (χ0n) is 7.55. The highest BCUT2D eigenvalue weighted by molar-refractivity contribution is 9.09. The molecule has 0 aliphatic carbocycles. The van der Waals surface area contributed by atoms with Crippen LogP contribution in [0.15, 0.2) is 18.2 Å². The van der Waals surface area contributed by atoms with Crippen LogP contribution in [0.1, 0.15) is 17.5 Å². The van der Waals surface area contributed by atoms with E-state index >= 15 is 0 Å². The van der Waals surface area contributed by atoms with E-state index in [0.717, 1.165) is 17.3 Å². The molecular formula is C11H9BrN2. The van der Waals surface area contributed by atoms with Gasteiger partial charge in [-0.05, 0) is 18.2 Å². The van der Waals surface area contributed by atoms with Crippen molar-refractivity contribution < 1.29 is 0 Å². The van der Waals surface area contributed by atoms with Gasteiger partial charge in [-0.3, -0.25) is 0 Å². The van der Waals surface area contributed by atoms with Gasteiger partial charge in [0.2, 0.25) is 0 Å². The smallest absolute Gasteiger partial charge is 0.101 e. The fourth-order valence-corrected chi connectivity index (χ4v) is 1.17. The van der Waals surface area contributed by atoms with Gasteiger partial charge in [0.15, 0.2) is 0 Å². The molecule has 0 amide bonds. The summed E-state index contributed by atoms with van der Waals surface area (Å²) in [6, 6.07) is 7.23. The normalized spacial score (nSPS) is 8.57. The van der Waals surface area contributed by atoms with Gasteiger partial charge in [0.1, 0.15) is 6.07 Å². The molecule has 1 rings (SSSR count). The second-order valence-corrected chi connectivity index (χ2v) is 3.45. The van der Waals surface area contributed by atoms with Crippen LogP contribution in [0, 0.1) is 23.2 Å². The Hall–Kier alpha value is -1.45. The fraction of sp³-hybridized carbons (Fsp3) is 0.182. The standard InChI is InChI=1S/C11H9BrN2/c12-6-2-1-3-9-4-5-11(14)7-10(9)8-13/h4-5,7H,2,6,14H2. The molecule has 0 saturated heterocycles. The summed E-state index contributed by atoms with van der Waals surface area (Å²) in [4.78, 5) is 0. The molecule has 0 aromatic heterocycles. The number of benzene rings is 1. The summed E-state index contributed by atoms with van der Waals surface area (Å²) in [6.07, 6.45) is 0.773. The Bertz CT molecular complexity index is 421. The van der Waals surface area contributed by atoms with Gasteiger partial charge in [0.25, 0.3) is 0 Å². The molecule has 0 spiro atoms. The number of alkyl halides is 1. The zero-order chi connectivity index (χ0) is 10.4. The molecule has 2 nitrogen and oxygen atoms in total. The topological polar surface area (TPSA) is 49.8 Å². The average Bonchev–Trinajstić information content (AvgIpc) is 2.20. The summed E-state index contributed by atoms with van der Waals surface area (Å²) < 4.78 is 0. The molecule has 0 unspecified atom stereocenters. The third-order valence-electron chi connectivity index (χ3n) is 1.61. The van der Waals surface area contributed by atoms with E-state index < -0.39 is 0 Å². The lowest BCUT2D eigenvalue weighted by atomic mass is 10.1. The van der Waals surface area contributed by atoms with Crippen molar-refractivity contribution in [3.8, 4) is 17.9 Å². The molecule has 1 aromatic carbocycles. The first-order valence-corrected chi connectivity index (χ1v) is 5.24. The van der Waals surface area contributed by atoms with E-state index in [1.54, 1.807) is 18.2 Å². The summed E-state index contributed by atoms with van der Waals surface area (Å²) in [7, 11) is 0. The third-order valence-corrected chi connectivity index (χ3v) is 2.00. The molecule has 70 valence electrons. The molecule has 0 atom stereocenters. The molecule has 14 heavy (non-hydrogen) atoms. The minimum Gasteiger partial charge on any atom is -0.399 e. The van der Waals surface area contributed by atoms with Crippen LogP contribution in [0.4, 0.5) is 5.69 Å². The first-order valence-electron chi connectivity index (χ1n) is 4.12. The van der Waals surface area contributed by atoms with E-state index in [1.807, 2.05) is 0 Å². The van der Waals surface area contributed by atoms with Gasteiger partial charge < -0.3 is 5.73 Å². The highest BCUT2D eigenvalue weighted by Gasteiger charge is 1.98. The lowest BCUT2D eigenvalue weighted by molar-refractivity contribution is 1.32. The highest BCUT2D eigenvalue weighted by Crippen LogP contribution is 2.11. The van der Waals surface area contributed by atoms with Crippen molar-refractivity contribution >= 4 is 21.6 Å². The van der Waals surface area contributed by atoms with Crippen LogP contribution in [-0.4, -0.2) is 5.33 Å². The predicted molar refractivity (Wildman–Crippen MR) is 60.9 cm³/mol. The minimum atomic E-state index is 0.534. The zero-order valence-corrected chi connectivity index (χ0v) is 9.13. The molecule has 0 aliphatic heterocycles. The van der Waals surface area contributed by atoms with E-state index in [1.165, 1.54) is 0 Å². The fourth-order valence-electron chi connectivity index (χ4n) is 0.968. The van der Waals surface area contributed by atoms with Gasteiger partial charge in [0.05, 0.1) is 5.56 Å². The Kier molecular flexibility index (Phi) is 4.04. The van der Waals surface area contributed by atoms with Crippen molar-refractivity contribution in [1.82, 2.24) is 0 Å². The van der Waals surface area contributed by atoms with Crippen LogP contribution < -0.4 is 5.73 Å². The van der Waals surface area contributed by atoms with Gasteiger partial charge in [-0.2, -0.15) is 5.26 Å². The Labute approximate surface area is 91.9 Å². The van der Waals surface area contributed by atoms with Gasteiger partial charge in [-0.25, -0.2) is 0 Å². The van der Waals surface area contributed by atoms with Crippen molar-refractivity contribution in [3.05, 3.63) is 29.3 Å². The van der Waals surface area contributed by atoms with E-state index in [9.17, 15) is 0 Å². The van der Waals surface area contributed by atoms with Crippen LogP contribution in [0.5, 0.6) is 0 Å². The second kappa shape index (κ2) is 5.32. The molecule has 0 aliphatic rings. The van der Waals surface area contributed by atoms with Crippen LogP contribution in [0.25, 0.3) is 0 Å². The molecular weight excluding hydrogens is 240 g/mol. The van der Waals surface area contributed by atoms with Gasteiger partial charge in [-0.15, -0.1) is 0 Å². The Morgan fingerprint density at radius 3 is 2.79 bits per heavy atom. The summed E-state index contributed by atoms with van der Waals surface area (Å²) >= 11 is 3.28. The lowest BCUT2D eigenvalue weighted by Crippen LogP contribution is -1.89. The number of halogens is 1. The van der Waals surface area contributed by atoms with Crippen molar-refractivity contribution in [2.45, 2.75) is 6.42 Å². The Balaban J connectivity index is 3.00. The molecule has 0 bridgehead atoms. The SMILES string of the molecule is N#Cc1cc(N)ccc1C#CCCBr. The largest absolute Gasteiger partial charge is 0.399 e. The van der Waals surface area contributed by atoms with Crippen LogP contribution >= 0.6 is 15.9 Å². The number of hydrogen-bond donors (Lipinski definition) is 1. The minimum absolute atomic E-state index is 0.534. The van der Waals surface area contributed by atoms with Gasteiger partial charge >= 0.3 is 0 Å². The van der Waals surface area contributed by atoms with E-state index in [-0.39, 0.29) is 0 Å². The van der Waals surface area contributed by atoms with Crippen LogP contribution in [0.2, 0.25) is 0 Å². The second-order valence-electron chi connectivity index (χ2n) is 2.66. The molecule has 2 N–H and O–H groups in total. The number of nitriles is 1. The number of rotatable bonds is 1. The first kappa shape index (κ1) is 10.6. The first-order chi connectivity index (χ1) is 6.77. The summed E-state index contributed by atoms with van der Waals surface area (Å²) in [5.74, 6) is 5.89. The quantitative estimate of drug-likeness (QED) is 0.471. The number of nitrogen functional groups attached to an aromatic ring is 1. The van der Waals surface area contributed by atoms with Crippen molar-refractivity contribution in [2.24, 2.45) is 0 Å². The van der Waals surface area contributed by atoms with Gasteiger partial charge in [-0.1, -0.05) is 27.8 Å². The number of nitrogens with two attached hydrogens (primary N) is 1. The average molecular weight is 249 g/mol.